The molecule has 0 spiro atoms. The molecule has 2 heterocycles. The van der Waals surface area contributed by atoms with Crippen LogP contribution in [0.4, 0.5) is 23.7 Å². The van der Waals surface area contributed by atoms with Crippen molar-refractivity contribution in [3.8, 4) is 11.1 Å². The Morgan fingerprint density at radius 3 is 2.09 bits per heavy atom. The van der Waals surface area contributed by atoms with Crippen molar-refractivity contribution < 1.29 is 27.1 Å². The number of hydrogen-bond donors (Lipinski definition) is 0. The quantitative estimate of drug-likeness (QED) is 0.415. The zero-order chi connectivity index (χ0) is 25.9. The summed E-state index contributed by atoms with van der Waals surface area (Å²) < 4.78 is 52.8. The molecular formula is C26H29F3N2O4. The molecule has 1 aromatic heterocycles. The maximum Gasteiger partial charge on any atom is 0.410 e. The van der Waals surface area contributed by atoms with E-state index in [1.807, 2.05) is 18.7 Å². The second-order valence-corrected chi connectivity index (χ2v) is 8.90. The van der Waals surface area contributed by atoms with Gasteiger partial charge in [-0.05, 0) is 50.6 Å². The Kier molecular flexibility index (Phi) is 7.77. The molecule has 6 nitrogen and oxygen atoms in total. The molecule has 4 rings (SSSR count). The molecule has 0 aliphatic carbocycles. The fourth-order valence-electron chi connectivity index (χ4n) is 3.73. The fraction of sp³-hybridized carbons (Fsp3) is 0.385. The molecular weight excluding hydrogens is 461 g/mol. The molecule has 188 valence electrons. The fourth-order valence-corrected chi connectivity index (χ4v) is 3.73. The van der Waals surface area contributed by atoms with Crippen LogP contribution in [0.25, 0.3) is 22.1 Å². The van der Waals surface area contributed by atoms with Crippen molar-refractivity contribution in [2.24, 2.45) is 0 Å². The first kappa shape index (κ1) is 26.1. The molecule has 0 radical (unpaired) electrons. The monoisotopic (exact) mass is 490 g/mol. The van der Waals surface area contributed by atoms with Crippen LogP contribution in [-0.4, -0.2) is 42.8 Å². The Bertz CT molecular complexity index is 1260. The van der Waals surface area contributed by atoms with E-state index >= 15 is 0 Å². The first-order chi connectivity index (χ1) is 16.5. The lowest BCUT2D eigenvalue weighted by atomic mass is 10.0. The Hall–Kier alpha value is -3.49. The second-order valence-electron chi connectivity index (χ2n) is 8.90. The van der Waals surface area contributed by atoms with Crippen LogP contribution in [-0.2, 0) is 4.74 Å². The zero-order valence-corrected chi connectivity index (χ0v) is 20.5. The van der Waals surface area contributed by atoms with Crippen molar-refractivity contribution in [1.29, 1.82) is 0 Å². The maximum atomic E-state index is 15.0. The highest BCUT2D eigenvalue weighted by atomic mass is 19.1. The van der Waals surface area contributed by atoms with E-state index in [1.54, 1.807) is 31.7 Å². The lowest BCUT2D eigenvalue weighted by molar-refractivity contribution is 0.0240. The van der Waals surface area contributed by atoms with Crippen molar-refractivity contribution in [2.75, 3.05) is 31.1 Å². The van der Waals surface area contributed by atoms with Crippen LogP contribution in [0.5, 0.6) is 0 Å². The minimum atomic E-state index is -0.856. The molecule has 1 fully saturated rings. The number of ether oxygens (including phenoxy) is 1. The number of anilines is 1. The SMILES string of the molecule is CC.CC(C)(C)OC(=O)N1CCN(c2cc(F)c3cc(-c4cc(F)cc(F)c4)c(=O)oc3c2)CC1. The van der Waals surface area contributed by atoms with E-state index in [0.29, 0.717) is 37.9 Å². The van der Waals surface area contributed by atoms with Gasteiger partial charge in [-0.25, -0.2) is 22.8 Å². The van der Waals surface area contributed by atoms with E-state index in [2.05, 4.69) is 0 Å². The zero-order valence-electron chi connectivity index (χ0n) is 20.5. The summed E-state index contributed by atoms with van der Waals surface area (Å²) >= 11 is 0. The molecule has 0 saturated carbocycles. The normalized spacial score (nSPS) is 13.9. The second kappa shape index (κ2) is 10.4. The smallest absolute Gasteiger partial charge is 0.410 e. The van der Waals surface area contributed by atoms with Gasteiger partial charge in [0.25, 0.3) is 0 Å². The molecule has 1 amide bonds. The highest BCUT2D eigenvalue weighted by molar-refractivity contribution is 5.85. The maximum absolute atomic E-state index is 15.0. The summed E-state index contributed by atoms with van der Waals surface area (Å²) in [4.78, 5) is 28.2. The number of halogens is 3. The van der Waals surface area contributed by atoms with Crippen molar-refractivity contribution in [2.45, 2.75) is 40.2 Å². The lowest BCUT2D eigenvalue weighted by Crippen LogP contribution is -2.50. The summed E-state index contributed by atoms with van der Waals surface area (Å²) in [7, 11) is 0. The number of carbonyl (C=O) groups is 1. The summed E-state index contributed by atoms with van der Waals surface area (Å²) in [5.74, 6) is -2.35. The molecule has 3 aromatic rings. The Morgan fingerprint density at radius 1 is 0.914 bits per heavy atom. The number of piperazine rings is 1. The molecule has 1 aliphatic heterocycles. The summed E-state index contributed by atoms with van der Waals surface area (Å²) in [5, 5.41) is 0.0189. The van der Waals surface area contributed by atoms with Gasteiger partial charge in [-0.3, -0.25) is 0 Å². The highest BCUT2D eigenvalue weighted by Gasteiger charge is 2.26. The van der Waals surface area contributed by atoms with Crippen LogP contribution >= 0.6 is 0 Å². The number of hydrogen-bond acceptors (Lipinski definition) is 5. The van der Waals surface area contributed by atoms with Gasteiger partial charge < -0.3 is 19.0 Å². The number of nitrogens with zero attached hydrogens (tertiary/aromatic N) is 2. The van der Waals surface area contributed by atoms with Gasteiger partial charge in [0.15, 0.2) is 0 Å². The molecule has 1 aliphatic rings. The third kappa shape index (κ3) is 6.15. The molecule has 35 heavy (non-hydrogen) atoms. The van der Waals surface area contributed by atoms with Gasteiger partial charge in [-0.1, -0.05) is 13.8 Å². The van der Waals surface area contributed by atoms with E-state index in [4.69, 9.17) is 9.15 Å². The number of amides is 1. The van der Waals surface area contributed by atoms with Gasteiger partial charge in [0.2, 0.25) is 0 Å². The van der Waals surface area contributed by atoms with Crippen LogP contribution in [0.1, 0.15) is 34.6 Å². The first-order valence-corrected chi connectivity index (χ1v) is 11.5. The summed E-state index contributed by atoms with van der Waals surface area (Å²) in [6.45, 7) is 11.0. The van der Waals surface area contributed by atoms with Crippen LogP contribution in [0.15, 0.2) is 45.6 Å². The van der Waals surface area contributed by atoms with Gasteiger partial charge in [0, 0.05) is 44.0 Å². The molecule has 0 atom stereocenters. The van der Waals surface area contributed by atoms with Crippen molar-refractivity contribution in [1.82, 2.24) is 4.90 Å². The van der Waals surface area contributed by atoms with E-state index in [0.717, 1.165) is 12.1 Å². The third-order valence-corrected chi connectivity index (χ3v) is 5.26. The predicted octanol–water partition coefficient (Wildman–Crippen LogP) is 5.96. The van der Waals surface area contributed by atoms with E-state index < -0.39 is 34.8 Å². The number of benzene rings is 2. The van der Waals surface area contributed by atoms with Crippen LogP contribution in [0, 0.1) is 17.5 Å². The minimum Gasteiger partial charge on any atom is -0.444 e. The third-order valence-electron chi connectivity index (χ3n) is 5.26. The van der Waals surface area contributed by atoms with Crippen molar-refractivity contribution in [3.05, 3.63) is 64.3 Å². The summed E-state index contributed by atoms with van der Waals surface area (Å²) in [6, 6.07) is 6.73. The topological polar surface area (TPSA) is 63.0 Å². The number of rotatable bonds is 2. The summed E-state index contributed by atoms with van der Waals surface area (Å²) in [5.41, 5.74) is -1.09. The molecule has 9 heteroatoms. The first-order valence-electron chi connectivity index (χ1n) is 11.5. The summed E-state index contributed by atoms with van der Waals surface area (Å²) in [6.07, 6.45) is -0.404. The lowest BCUT2D eigenvalue weighted by Gasteiger charge is -2.36. The Morgan fingerprint density at radius 2 is 1.51 bits per heavy atom. The van der Waals surface area contributed by atoms with Gasteiger partial charge >= 0.3 is 11.7 Å². The molecule has 0 unspecified atom stereocenters. The number of carbonyl (C=O) groups excluding carboxylic acids is 1. The molecule has 1 saturated heterocycles. The van der Waals surface area contributed by atoms with Crippen molar-refractivity contribution in [3.63, 3.8) is 0 Å². The van der Waals surface area contributed by atoms with Crippen LogP contribution < -0.4 is 10.5 Å². The van der Waals surface area contributed by atoms with Gasteiger partial charge in [-0.15, -0.1) is 0 Å². The minimum absolute atomic E-state index is 0.0187. The highest BCUT2D eigenvalue weighted by Crippen LogP contribution is 2.29. The largest absolute Gasteiger partial charge is 0.444 e. The standard InChI is InChI=1S/C24H23F3N2O4.C2H6/c1-24(2,3)33-23(31)29-6-4-28(5-7-29)17-11-20(27)19-13-18(22(30)32-21(19)12-17)14-8-15(25)10-16(26)9-14;1-2/h8-13H,4-7H2,1-3H3;1-2H3. The average molecular weight is 491 g/mol. The van der Waals surface area contributed by atoms with E-state index in [9.17, 15) is 22.8 Å². The van der Waals surface area contributed by atoms with Crippen LogP contribution in [0.3, 0.4) is 0 Å². The van der Waals surface area contributed by atoms with E-state index in [1.165, 1.54) is 12.1 Å². The van der Waals surface area contributed by atoms with Crippen LogP contribution in [0.2, 0.25) is 0 Å². The van der Waals surface area contributed by atoms with Gasteiger partial charge in [0.05, 0.1) is 10.9 Å². The number of fused-ring (bicyclic) bond motifs is 1. The molecule has 0 bridgehead atoms. The molecule has 2 aromatic carbocycles. The average Bonchev–Trinajstić information content (AvgIpc) is 2.78. The molecule has 0 N–H and O–H groups in total. The predicted molar refractivity (Wildman–Crippen MR) is 129 cm³/mol. The van der Waals surface area contributed by atoms with Gasteiger partial charge in [-0.2, -0.15) is 0 Å². The van der Waals surface area contributed by atoms with Crippen molar-refractivity contribution >= 4 is 22.7 Å². The Labute approximate surface area is 201 Å². The van der Waals surface area contributed by atoms with E-state index in [-0.39, 0.29) is 22.1 Å². The Balaban J connectivity index is 0.00000167. The van der Waals surface area contributed by atoms with Gasteiger partial charge in [0.1, 0.15) is 28.6 Å².